The molecule has 0 saturated heterocycles. The highest BCUT2D eigenvalue weighted by molar-refractivity contribution is 6.44. The SMILES string of the molecule is OC1(c2ccccc2-c2ccccc2)c2ccccc2-c2c1ccc(Cl)c2Cl. The maximum atomic E-state index is 12.2. The van der Waals surface area contributed by atoms with E-state index in [9.17, 15) is 5.11 Å². The zero-order valence-electron chi connectivity index (χ0n) is 14.9. The molecule has 0 amide bonds. The molecule has 4 aromatic rings. The molecule has 3 heteroatoms. The highest BCUT2D eigenvalue weighted by Gasteiger charge is 2.45. The Bertz CT molecular complexity index is 1200. The summed E-state index contributed by atoms with van der Waals surface area (Å²) in [5.74, 6) is 0. The summed E-state index contributed by atoms with van der Waals surface area (Å²) < 4.78 is 0. The normalized spacial score (nSPS) is 17.2. The number of benzene rings is 4. The molecule has 0 saturated carbocycles. The molecule has 4 aromatic carbocycles. The van der Waals surface area contributed by atoms with Crippen LogP contribution in [0.3, 0.4) is 0 Å². The summed E-state index contributed by atoms with van der Waals surface area (Å²) in [6, 6.07) is 29.6. The predicted molar refractivity (Wildman–Crippen MR) is 116 cm³/mol. The van der Waals surface area contributed by atoms with Gasteiger partial charge >= 0.3 is 0 Å². The van der Waals surface area contributed by atoms with Crippen molar-refractivity contribution in [2.75, 3.05) is 0 Å². The van der Waals surface area contributed by atoms with Gasteiger partial charge in [-0.15, -0.1) is 0 Å². The quantitative estimate of drug-likeness (QED) is 0.385. The Morgan fingerprint density at radius 1 is 0.571 bits per heavy atom. The van der Waals surface area contributed by atoms with Crippen molar-refractivity contribution in [3.05, 3.63) is 118 Å². The zero-order valence-corrected chi connectivity index (χ0v) is 16.4. The van der Waals surface area contributed by atoms with Crippen LogP contribution >= 0.6 is 23.2 Å². The predicted octanol–water partition coefficient (Wildman–Crippen LogP) is 6.93. The summed E-state index contributed by atoms with van der Waals surface area (Å²) in [5, 5.41) is 13.2. The third-order valence-corrected chi connectivity index (χ3v) is 6.28. The minimum Gasteiger partial charge on any atom is -0.376 e. The van der Waals surface area contributed by atoms with Gasteiger partial charge in [0.15, 0.2) is 0 Å². The smallest absolute Gasteiger partial charge is 0.142 e. The van der Waals surface area contributed by atoms with Gasteiger partial charge in [0.1, 0.15) is 5.60 Å². The van der Waals surface area contributed by atoms with Gasteiger partial charge in [0.05, 0.1) is 10.0 Å². The molecule has 136 valence electrons. The second-order valence-corrected chi connectivity index (χ2v) is 7.74. The number of halogens is 2. The van der Waals surface area contributed by atoms with E-state index in [1.807, 2.05) is 72.8 Å². The average Bonchev–Trinajstić information content (AvgIpc) is 3.01. The van der Waals surface area contributed by atoms with Gasteiger partial charge in [-0.05, 0) is 22.8 Å². The van der Waals surface area contributed by atoms with Gasteiger partial charge in [0.2, 0.25) is 0 Å². The summed E-state index contributed by atoms with van der Waals surface area (Å²) in [6.45, 7) is 0. The molecular formula is C25H16Cl2O. The minimum absolute atomic E-state index is 0.472. The third-order valence-electron chi connectivity index (χ3n) is 5.47. The number of hydrogen-bond donors (Lipinski definition) is 1. The van der Waals surface area contributed by atoms with Crippen molar-refractivity contribution in [3.8, 4) is 22.3 Å². The van der Waals surface area contributed by atoms with Gasteiger partial charge in [-0.1, -0.05) is 108 Å². The maximum absolute atomic E-state index is 12.2. The Morgan fingerprint density at radius 3 is 1.86 bits per heavy atom. The molecular weight excluding hydrogens is 387 g/mol. The van der Waals surface area contributed by atoms with Gasteiger partial charge < -0.3 is 5.11 Å². The van der Waals surface area contributed by atoms with Gasteiger partial charge in [0, 0.05) is 22.3 Å². The monoisotopic (exact) mass is 402 g/mol. The minimum atomic E-state index is -1.31. The van der Waals surface area contributed by atoms with E-state index in [-0.39, 0.29) is 0 Å². The van der Waals surface area contributed by atoms with Crippen molar-refractivity contribution in [3.63, 3.8) is 0 Å². The molecule has 1 N–H and O–H groups in total. The molecule has 0 radical (unpaired) electrons. The van der Waals surface area contributed by atoms with Crippen molar-refractivity contribution in [2.24, 2.45) is 0 Å². The lowest BCUT2D eigenvalue weighted by atomic mass is 9.80. The zero-order chi connectivity index (χ0) is 19.3. The van der Waals surface area contributed by atoms with Crippen LogP contribution in [-0.4, -0.2) is 5.11 Å². The van der Waals surface area contributed by atoms with E-state index in [2.05, 4.69) is 12.1 Å². The summed E-state index contributed by atoms with van der Waals surface area (Å²) in [6.07, 6.45) is 0. The highest BCUT2D eigenvalue weighted by atomic mass is 35.5. The molecule has 0 spiro atoms. The highest BCUT2D eigenvalue weighted by Crippen LogP contribution is 2.55. The van der Waals surface area contributed by atoms with E-state index in [1.165, 1.54) is 0 Å². The second-order valence-electron chi connectivity index (χ2n) is 6.95. The van der Waals surface area contributed by atoms with Crippen LogP contribution in [-0.2, 0) is 5.60 Å². The first-order chi connectivity index (χ1) is 13.6. The van der Waals surface area contributed by atoms with Crippen LogP contribution in [0.25, 0.3) is 22.3 Å². The number of fused-ring (bicyclic) bond motifs is 3. The van der Waals surface area contributed by atoms with Gasteiger partial charge in [0.25, 0.3) is 0 Å². The number of hydrogen-bond acceptors (Lipinski definition) is 1. The molecule has 0 fully saturated rings. The van der Waals surface area contributed by atoms with Crippen LogP contribution in [0.4, 0.5) is 0 Å². The lowest BCUT2D eigenvalue weighted by Crippen LogP contribution is -2.27. The molecule has 0 bridgehead atoms. The van der Waals surface area contributed by atoms with Crippen molar-refractivity contribution < 1.29 is 5.11 Å². The van der Waals surface area contributed by atoms with E-state index < -0.39 is 5.60 Å². The molecule has 1 aliphatic rings. The summed E-state index contributed by atoms with van der Waals surface area (Å²) >= 11 is 12.9. The first-order valence-electron chi connectivity index (χ1n) is 9.08. The topological polar surface area (TPSA) is 20.2 Å². The largest absolute Gasteiger partial charge is 0.376 e. The van der Waals surface area contributed by atoms with Crippen LogP contribution in [0.5, 0.6) is 0 Å². The van der Waals surface area contributed by atoms with Crippen molar-refractivity contribution in [2.45, 2.75) is 5.60 Å². The summed E-state index contributed by atoms with van der Waals surface area (Å²) in [5.41, 5.74) is 4.84. The summed E-state index contributed by atoms with van der Waals surface area (Å²) in [4.78, 5) is 0. The Kier molecular flexibility index (Phi) is 4.06. The fourth-order valence-corrected chi connectivity index (χ4v) is 4.66. The van der Waals surface area contributed by atoms with E-state index in [0.717, 1.165) is 38.9 Å². The lowest BCUT2D eigenvalue weighted by molar-refractivity contribution is 0.131. The molecule has 1 atom stereocenters. The fourth-order valence-electron chi connectivity index (χ4n) is 4.24. The van der Waals surface area contributed by atoms with Crippen LogP contribution in [0.2, 0.25) is 10.0 Å². The molecule has 0 heterocycles. The Morgan fingerprint density at radius 2 is 1.14 bits per heavy atom. The van der Waals surface area contributed by atoms with Crippen LogP contribution in [0, 0.1) is 0 Å². The Balaban J connectivity index is 1.87. The average molecular weight is 403 g/mol. The second kappa shape index (κ2) is 6.49. The molecule has 1 aliphatic carbocycles. The molecule has 0 aliphatic heterocycles. The van der Waals surface area contributed by atoms with Crippen molar-refractivity contribution in [1.82, 2.24) is 0 Å². The summed E-state index contributed by atoms with van der Waals surface area (Å²) in [7, 11) is 0. The first kappa shape index (κ1) is 17.5. The van der Waals surface area contributed by atoms with Gasteiger partial charge in [-0.3, -0.25) is 0 Å². The number of rotatable bonds is 2. The van der Waals surface area contributed by atoms with Crippen molar-refractivity contribution in [1.29, 1.82) is 0 Å². The standard InChI is InChI=1S/C25H16Cl2O/c26-22-15-14-21-23(24(22)27)18-11-5-7-13-20(18)25(21,28)19-12-6-4-10-17(19)16-8-2-1-3-9-16/h1-15,28H. The molecule has 1 unspecified atom stereocenters. The van der Waals surface area contributed by atoms with Crippen LogP contribution in [0.15, 0.2) is 91.0 Å². The molecule has 0 aromatic heterocycles. The van der Waals surface area contributed by atoms with E-state index >= 15 is 0 Å². The number of aliphatic hydroxyl groups is 1. The Labute approximate surface area is 173 Å². The maximum Gasteiger partial charge on any atom is 0.142 e. The van der Waals surface area contributed by atoms with E-state index in [1.54, 1.807) is 6.07 Å². The third kappa shape index (κ3) is 2.37. The molecule has 28 heavy (non-hydrogen) atoms. The van der Waals surface area contributed by atoms with E-state index in [0.29, 0.717) is 10.0 Å². The Hall–Kier alpha value is -2.58. The molecule has 1 nitrogen and oxygen atoms in total. The van der Waals surface area contributed by atoms with Gasteiger partial charge in [-0.2, -0.15) is 0 Å². The van der Waals surface area contributed by atoms with Crippen molar-refractivity contribution >= 4 is 23.2 Å². The van der Waals surface area contributed by atoms with E-state index in [4.69, 9.17) is 23.2 Å². The molecule has 5 rings (SSSR count). The first-order valence-corrected chi connectivity index (χ1v) is 9.83. The van der Waals surface area contributed by atoms with Crippen LogP contribution in [0.1, 0.15) is 16.7 Å². The fraction of sp³-hybridized carbons (Fsp3) is 0.0400. The van der Waals surface area contributed by atoms with Crippen LogP contribution < -0.4 is 0 Å². The van der Waals surface area contributed by atoms with Gasteiger partial charge in [-0.25, -0.2) is 0 Å². The lowest BCUT2D eigenvalue weighted by Gasteiger charge is -2.29.